The van der Waals surface area contributed by atoms with Crippen molar-refractivity contribution in [2.75, 3.05) is 18.5 Å². The first-order valence-corrected chi connectivity index (χ1v) is 10.8. The van der Waals surface area contributed by atoms with Gasteiger partial charge in [-0.05, 0) is 44.0 Å². The molecule has 0 bridgehead atoms. The molecule has 0 saturated carbocycles. The summed E-state index contributed by atoms with van der Waals surface area (Å²) in [7, 11) is -4.54. The van der Waals surface area contributed by atoms with Crippen molar-refractivity contribution in [1.82, 2.24) is 4.31 Å². The maximum atomic E-state index is 13.3. The van der Waals surface area contributed by atoms with Crippen molar-refractivity contribution in [2.45, 2.75) is 36.9 Å². The van der Waals surface area contributed by atoms with Crippen molar-refractivity contribution in [3.8, 4) is 5.75 Å². The molecule has 6 nitrogen and oxygen atoms in total. The Balaban J connectivity index is 1.90. The number of hydrogen-bond donors (Lipinski definition) is 1. The molecule has 0 unspecified atom stereocenters. The highest BCUT2D eigenvalue weighted by molar-refractivity contribution is 7.89. The lowest BCUT2D eigenvalue weighted by Gasteiger charge is -2.25. The first-order chi connectivity index (χ1) is 14.2. The van der Waals surface area contributed by atoms with Gasteiger partial charge in [-0.25, -0.2) is 8.42 Å². The molecule has 0 spiro atoms. The number of sulfonamides is 1. The van der Waals surface area contributed by atoms with Gasteiger partial charge in [0.1, 0.15) is 11.8 Å². The number of anilines is 1. The maximum Gasteiger partial charge on any atom is 0.417 e. The van der Waals surface area contributed by atoms with E-state index in [0.717, 1.165) is 22.5 Å². The highest BCUT2D eigenvalue weighted by atomic mass is 32.2. The number of hydrogen-bond acceptors (Lipinski definition) is 4. The van der Waals surface area contributed by atoms with Gasteiger partial charge >= 0.3 is 6.18 Å². The minimum atomic E-state index is -4.84. The Morgan fingerprint density at radius 3 is 2.53 bits per heavy atom. The number of halogens is 3. The van der Waals surface area contributed by atoms with E-state index in [0.29, 0.717) is 24.5 Å². The SMILES string of the molecule is CCOc1ccccc1NC(=O)[C@@H]1CCCN1S(=O)(=O)c1ccccc1C(F)(F)F. The smallest absolute Gasteiger partial charge is 0.417 e. The Labute approximate surface area is 172 Å². The minimum absolute atomic E-state index is 0.0419. The molecule has 0 radical (unpaired) electrons. The van der Waals surface area contributed by atoms with E-state index in [2.05, 4.69) is 5.32 Å². The van der Waals surface area contributed by atoms with E-state index in [1.54, 1.807) is 31.2 Å². The summed E-state index contributed by atoms with van der Waals surface area (Å²) in [6, 6.07) is 9.53. The molecule has 1 N–H and O–H groups in total. The Kier molecular flexibility index (Phi) is 6.37. The number of para-hydroxylation sites is 2. The lowest BCUT2D eigenvalue weighted by Crippen LogP contribution is -2.43. The molecule has 0 aliphatic carbocycles. The van der Waals surface area contributed by atoms with E-state index in [1.807, 2.05) is 0 Å². The number of nitrogens with one attached hydrogen (secondary N) is 1. The van der Waals surface area contributed by atoms with Crippen molar-refractivity contribution in [3.05, 3.63) is 54.1 Å². The van der Waals surface area contributed by atoms with Crippen LogP contribution < -0.4 is 10.1 Å². The van der Waals surface area contributed by atoms with Crippen LogP contribution in [0.25, 0.3) is 0 Å². The average Bonchev–Trinajstić information content (AvgIpc) is 3.20. The third-order valence-electron chi connectivity index (χ3n) is 4.73. The van der Waals surface area contributed by atoms with Gasteiger partial charge in [-0.2, -0.15) is 17.5 Å². The molecule has 3 rings (SSSR count). The zero-order valence-electron chi connectivity index (χ0n) is 16.1. The molecule has 2 aromatic rings. The Bertz CT molecular complexity index is 1020. The summed E-state index contributed by atoms with van der Waals surface area (Å²) in [6.45, 7) is 2.10. The third kappa shape index (κ3) is 4.44. The summed E-state index contributed by atoms with van der Waals surface area (Å²) in [5, 5.41) is 2.64. The van der Waals surface area contributed by atoms with Crippen LogP contribution in [0.1, 0.15) is 25.3 Å². The second-order valence-corrected chi connectivity index (χ2v) is 8.55. The van der Waals surface area contributed by atoms with Gasteiger partial charge in [-0.3, -0.25) is 4.79 Å². The molecule has 1 saturated heterocycles. The first kappa shape index (κ1) is 22.1. The number of nitrogens with zero attached hydrogens (tertiary/aromatic N) is 1. The highest BCUT2D eigenvalue weighted by Gasteiger charge is 2.44. The van der Waals surface area contributed by atoms with Crippen molar-refractivity contribution in [3.63, 3.8) is 0 Å². The number of carbonyl (C=O) groups is 1. The number of rotatable bonds is 6. The molecular formula is C20H21F3N2O4S. The van der Waals surface area contributed by atoms with Gasteiger partial charge in [0.2, 0.25) is 15.9 Å². The third-order valence-corrected chi connectivity index (χ3v) is 6.70. The largest absolute Gasteiger partial charge is 0.492 e. The summed E-state index contributed by atoms with van der Waals surface area (Å²) in [5.41, 5.74) is -0.887. The molecule has 1 aliphatic rings. The van der Waals surface area contributed by atoms with Crippen LogP contribution in [0, 0.1) is 0 Å². The first-order valence-electron chi connectivity index (χ1n) is 9.37. The quantitative estimate of drug-likeness (QED) is 0.737. The molecule has 10 heteroatoms. The predicted octanol–water partition coefficient (Wildman–Crippen LogP) is 3.90. The van der Waals surface area contributed by atoms with Gasteiger partial charge in [0, 0.05) is 6.54 Å². The number of benzene rings is 2. The second kappa shape index (κ2) is 8.65. The van der Waals surface area contributed by atoms with Crippen LogP contribution in [0.4, 0.5) is 18.9 Å². The lowest BCUT2D eigenvalue weighted by atomic mass is 10.2. The number of alkyl halides is 3. The fourth-order valence-corrected chi connectivity index (χ4v) is 5.28. The molecule has 0 aromatic heterocycles. The molecular weight excluding hydrogens is 421 g/mol. The van der Waals surface area contributed by atoms with Crippen molar-refractivity contribution >= 4 is 21.6 Å². The number of ether oxygens (including phenoxy) is 1. The van der Waals surface area contributed by atoms with Gasteiger partial charge in [0.15, 0.2) is 0 Å². The molecule has 30 heavy (non-hydrogen) atoms. The van der Waals surface area contributed by atoms with Crippen molar-refractivity contribution < 1.29 is 31.1 Å². The van der Waals surface area contributed by atoms with Crippen LogP contribution in [-0.4, -0.2) is 37.8 Å². The average molecular weight is 442 g/mol. The van der Waals surface area contributed by atoms with Gasteiger partial charge in [0.25, 0.3) is 0 Å². The Morgan fingerprint density at radius 1 is 1.17 bits per heavy atom. The van der Waals surface area contributed by atoms with Crippen LogP contribution in [0.15, 0.2) is 53.4 Å². The van der Waals surface area contributed by atoms with Crippen LogP contribution in [0.2, 0.25) is 0 Å². The molecule has 2 aromatic carbocycles. The maximum absolute atomic E-state index is 13.3. The van der Waals surface area contributed by atoms with Crippen LogP contribution in [-0.2, 0) is 21.0 Å². The van der Waals surface area contributed by atoms with Crippen LogP contribution >= 0.6 is 0 Å². The summed E-state index contributed by atoms with van der Waals surface area (Å²) < 4.78 is 72.5. The fraction of sp³-hybridized carbons (Fsp3) is 0.350. The van der Waals surface area contributed by atoms with Gasteiger partial charge in [-0.15, -0.1) is 0 Å². The molecule has 1 aliphatic heterocycles. The monoisotopic (exact) mass is 442 g/mol. The highest BCUT2D eigenvalue weighted by Crippen LogP contribution is 2.37. The van der Waals surface area contributed by atoms with Crippen molar-refractivity contribution in [1.29, 1.82) is 0 Å². The minimum Gasteiger partial charge on any atom is -0.492 e. The Morgan fingerprint density at radius 2 is 1.83 bits per heavy atom. The topological polar surface area (TPSA) is 75.7 Å². The lowest BCUT2D eigenvalue weighted by molar-refractivity contribution is -0.139. The fourth-order valence-electron chi connectivity index (χ4n) is 3.41. The standard InChI is InChI=1S/C20H21F3N2O4S/c1-2-29-17-11-5-4-9-15(17)24-19(26)16-10-7-13-25(16)30(27,28)18-12-6-3-8-14(18)20(21,22)23/h3-6,8-9,11-12,16H,2,7,10,13H2,1H3,(H,24,26)/t16-/m0/s1. The van der Waals surface area contributed by atoms with E-state index in [-0.39, 0.29) is 13.0 Å². The van der Waals surface area contributed by atoms with Crippen LogP contribution in [0.5, 0.6) is 5.75 Å². The van der Waals surface area contributed by atoms with E-state index in [9.17, 15) is 26.4 Å². The molecule has 1 fully saturated rings. The molecule has 1 amide bonds. The zero-order chi connectivity index (χ0) is 21.9. The van der Waals surface area contributed by atoms with Crippen LogP contribution in [0.3, 0.4) is 0 Å². The zero-order valence-corrected chi connectivity index (χ0v) is 17.0. The number of carbonyl (C=O) groups excluding carboxylic acids is 1. The number of amides is 1. The molecule has 1 atom stereocenters. The second-order valence-electron chi connectivity index (χ2n) is 6.69. The van der Waals surface area contributed by atoms with Gasteiger partial charge < -0.3 is 10.1 Å². The van der Waals surface area contributed by atoms with Crippen molar-refractivity contribution in [2.24, 2.45) is 0 Å². The summed E-state index contributed by atoms with van der Waals surface area (Å²) >= 11 is 0. The summed E-state index contributed by atoms with van der Waals surface area (Å²) in [6.07, 6.45) is -4.27. The summed E-state index contributed by atoms with van der Waals surface area (Å²) in [4.78, 5) is 12.0. The van der Waals surface area contributed by atoms with Gasteiger partial charge in [-0.1, -0.05) is 24.3 Å². The Hall–Kier alpha value is -2.59. The van der Waals surface area contributed by atoms with E-state index in [1.165, 1.54) is 6.07 Å². The normalized spacial score (nSPS) is 17.7. The molecule has 1 heterocycles. The summed E-state index contributed by atoms with van der Waals surface area (Å²) in [5.74, 6) is -0.198. The van der Waals surface area contributed by atoms with E-state index < -0.39 is 38.6 Å². The van der Waals surface area contributed by atoms with E-state index >= 15 is 0 Å². The predicted molar refractivity (Wildman–Crippen MR) is 105 cm³/mol. The van der Waals surface area contributed by atoms with E-state index in [4.69, 9.17) is 4.74 Å². The molecule has 162 valence electrons. The van der Waals surface area contributed by atoms with Gasteiger partial charge in [0.05, 0.1) is 22.8 Å².